The Morgan fingerprint density at radius 1 is 1.50 bits per heavy atom. The third kappa shape index (κ3) is 3.44. The Balaban J connectivity index is 2.21. The van der Waals surface area contributed by atoms with Crippen molar-refractivity contribution in [3.63, 3.8) is 0 Å². The fourth-order valence-corrected chi connectivity index (χ4v) is 2.23. The Kier molecular flexibility index (Phi) is 5.15. The van der Waals surface area contributed by atoms with Gasteiger partial charge >= 0.3 is 5.97 Å². The Morgan fingerprint density at radius 3 is 2.91 bits per heavy atom. The van der Waals surface area contributed by atoms with Gasteiger partial charge in [-0.25, -0.2) is 4.79 Å². The summed E-state index contributed by atoms with van der Waals surface area (Å²) in [4.78, 5) is 25.1. The van der Waals surface area contributed by atoms with Gasteiger partial charge in [-0.15, -0.1) is 0 Å². The number of ether oxygens (including phenoxy) is 1. The molecular weight excluding hydrogens is 282 g/mol. The number of esters is 1. The van der Waals surface area contributed by atoms with Gasteiger partial charge < -0.3 is 15.0 Å². The number of hydrogen-bond donors (Lipinski definition) is 1. The van der Waals surface area contributed by atoms with Crippen LogP contribution in [0, 0.1) is 11.3 Å². The second-order valence-electron chi connectivity index (χ2n) is 4.70. The molecule has 1 amide bonds. The first-order valence-electron chi connectivity index (χ1n) is 7.10. The van der Waals surface area contributed by atoms with Gasteiger partial charge in [-0.1, -0.05) is 12.1 Å². The van der Waals surface area contributed by atoms with Crippen LogP contribution in [0.1, 0.15) is 19.8 Å². The molecule has 1 aliphatic rings. The predicted molar refractivity (Wildman–Crippen MR) is 82.0 cm³/mol. The molecule has 114 valence electrons. The summed E-state index contributed by atoms with van der Waals surface area (Å²) in [6, 6.07) is 9.07. The van der Waals surface area contributed by atoms with Gasteiger partial charge in [-0.3, -0.25) is 4.79 Å². The van der Waals surface area contributed by atoms with Crippen LogP contribution >= 0.6 is 0 Å². The molecule has 6 heteroatoms. The third-order valence-corrected chi connectivity index (χ3v) is 3.26. The maximum Gasteiger partial charge on any atom is 0.350 e. The van der Waals surface area contributed by atoms with Gasteiger partial charge in [0.15, 0.2) is 5.57 Å². The highest BCUT2D eigenvalue weighted by atomic mass is 16.5. The number of carbonyl (C=O) groups is 2. The van der Waals surface area contributed by atoms with E-state index < -0.39 is 5.97 Å². The number of anilines is 2. The Bertz CT molecular complexity index is 646. The van der Waals surface area contributed by atoms with Crippen LogP contribution in [-0.2, 0) is 14.3 Å². The van der Waals surface area contributed by atoms with Gasteiger partial charge in [0.25, 0.3) is 0 Å². The van der Waals surface area contributed by atoms with Gasteiger partial charge in [0.2, 0.25) is 5.91 Å². The van der Waals surface area contributed by atoms with Crippen LogP contribution in [0.3, 0.4) is 0 Å². The van der Waals surface area contributed by atoms with E-state index in [-0.39, 0.29) is 18.1 Å². The standard InChI is InChI=1S/C16H17N3O3/c1-2-22-16(21)12(10-17)11-18-13-6-3-4-7-14(13)19-9-5-8-15(19)20/h3-4,6-7,11,18H,2,5,8-9H2,1H3/b12-11+. The molecule has 1 aliphatic heterocycles. The molecule has 2 rings (SSSR count). The van der Waals surface area contributed by atoms with Crippen molar-refractivity contribution in [1.29, 1.82) is 5.26 Å². The molecule has 1 N–H and O–H groups in total. The van der Waals surface area contributed by atoms with E-state index in [1.54, 1.807) is 24.0 Å². The first-order chi connectivity index (χ1) is 10.7. The van der Waals surface area contributed by atoms with Crippen molar-refractivity contribution in [2.75, 3.05) is 23.4 Å². The molecule has 1 heterocycles. The number of nitrogens with zero attached hydrogens (tertiary/aromatic N) is 2. The van der Waals surface area contributed by atoms with Gasteiger partial charge in [0, 0.05) is 19.2 Å². The van der Waals surface area contributed by atoms with Crippen LogP contribution in [-0.4, -0.2) is 25.0 Å². The average Bonchev–Trinajstić information content (AvgIpc) is 2.94. The second-order valence-corrected chi connectivity index (χ2v) is 4.70. The lowest BCUT2D eigenvalue weighted by atomic mass is 10.2. The van der Waals surface area contributed by atoms with Crippen LogP contribution in [0.2, 0.25) is 0 Å². The van der Waals surface area contributed by atoms with E-state index in [1.807, 2.05) is 18.2 Å². The molecule has 0 aliphatic carbocycles. The minimum absolute atomic E-state index is 0.0733. The van der Waals surface area contributed by atoms with Gasteiger partial charge in [-0.2, -0.15) is 5.26 Å². The summed E-state index contributed by atoms with van der Waals surface area (Å²) in [5.41, 5.74) is 1.28. The molecule has 1 aromatic rings. The lowest BCUT2D eigenvalue weighted by Crippen LogP contribution is -2.24. The molecule has 1 saturated heterocycles. The minimum atomic E-state index is -0.674. The first kappa shape index (κ1) is 15.6. The number of para-hydroxylation sites is 2. The van der Waals surface area contributed by atoms with Crippen molar-refractivity contribution >= 4 is 23.3 Å². The molecule has 0 radical (unpaired) electrons. The van der Waals surface area contributed by atoms with Crippen molar-refractivity contribution in [2.45, 2.75) is 19.8 Å². The number of nitriles is 1. The molecule has 0 unspecified atom stereocenters. The molecule has 0 bridgehead atoms. The smallest absolute Gasteiger partial charge is 0.350 e. The fraction of sp³-hybridized carbons (Fsp3) is 0.312. The summed E-state index contributed by atoms with van der Waals surface area (Å²) in [6.45, 7) is 2.55. The molecule has 0 aromatic heterocycles. The van der Waals surface area contributed by atoms with Crippen LogP contribution in [0.4, 0.5) is 11.4 Å². The van der Waals surface area contributed by atoms with E-state index in [1.165, 1.54) is 6.20 Å². The van der Waals surface area contributed by atoms with Crippen LogP contribution in [0.25, 0.3) is 0 Å². The normalized spacial score (nSPS) is 14.6. The van der Waals surface area contributed by atoms with Crippen molar-refractivity contribution in [3.05, 3.63) is 36.0 Å². The van der Waals surface area contributed by atoms with E-state index in [2.05, 4.69) is 5.32 Å². The largest absolute Gasteiger partial charge is 0.462 e. The fourth-order valence-electron chi connectivity index (χ4n) is 2.23. The molecule has 0 atom stereocenters. The highest BCUT2D eigenvalue weighted by molar-refractivity contribution is 5.99. The van der Waals surface area contributed by atoms with Crippen molar-refractivity contribution < 1.29 is 14.3 Å². The predicted octanol–water partition coefficient (Wildman–Crippen LogP) is 2.20. The zero-order valence-electron chi connectivity index (χ0n) is 12.3. The summed E-state index contributed by atoms with van der Waals surface area (Å²) in [5.74, 6) is -0.601. The Morgan fingerprint density at radius 2 is 2.27 bits per heavy atom. The SMILES string of the molecule is CCOC(=O)/C(C#N)=C/Nc1ccccc1N1CCCC1=O. The van der Waals surface area contributed by atoms with E-state index in [9.17, 15) is 9.59 Å². The minimum Gasteiger partial charge on any atom is -0.462 e. The van der Waals surface area contributed by atoms with Crippen LogP contribution in [0.5, 0.6) is 0 Å². The van der Waals surface area contributed by atoms with E-state index in [0.29, 0.717) is 18.7 Å². The average molecular weight is 299 g/mol. The molecule has 1 fully saturated rings. The number of nitrogens with one attached hydrogen (secondary N) is 1. The second kappa shape index (κ2) is 7.27. The van der Waals surface area contributed by atoms with E-state index >= 15 is 0 Å². The Labute approximate surface area is 129 Å². The van der Waals surface area contributed by atoms with E-state index in [4.69, 9.17) is 10.00 Å². The molecule has 1 aromatic carbocycles. The quantitative estimate of drug-likeness (QED) is 0.512. The van der Waals surface area contributed by atoms with Crippen LogP contribution in [0.15, 0.2) is 36.0 Å². The highest BCUT2D eigenvalue weighted by Crippen LogP contribution is 2.29. The van der Waals surface area contributed by atoms with Gasteiger partial charge in [0.1, 0.15) is 6.07 Å². The van der Waals surface area contributed by atoms with Crippen LogP contribution < -0.4 is 10.2 Å². The maximum absolute atomic E-state index is 11.9. The molecule has 22 heavy (non-hydrogen) atoms. The molecule has 6 nitrogen and oxygen atoms in total. The summed E-state index contributed by atoms with van der Waals surface area (Å²) in [5, 5.41) is 11.9. The first-order valence-corrected chi connectivity index (χ1v) is 7.10. The van der Waals surface area contributed by atoms with Crippen molar-refractivity contribution in [1.82, 2.24) is 0 Å². The maximum atomic E-state index is 11.9. The lowest BCUT2D eigenvalue weighted by Gasteiger charge is -2.19. The monoisotopic (exact) mass is 299 g/mol. The van der Waals surface area contributed by atoms with Gasteiger partial charge in [-0.05, 0) is 25.5 Å². The molecular formula is C16H17N3O3. The summed E-state index contributed by atoms with van der Waals surface area (Å²) >= 11 is 0. The van der Waals surface area contributed by atoms with E-state index in [0.717, 1.165) is 12.1 Å². The third-order valence-electron chi connectivity index (χ3n) is 3.26. The van der Waals surface area contributed by atoms with Gasteiger partial charge in [0.05, 0.1) is 18.0 Å². The zero-order valence-corrected chi connectivity index (χ0v) is 12.3. The highest BCUT2D eigenvalue weighted by Gasteiger charge is 2.23. The number of benzene rings is 1. The number of amides is 1. The Hall–Kier alpha value is -2.81. The zero-order chi connectivity index (χ0) is 15.9. The molecule has 0 saturated carbocycles. The summed E-state index contributed by atoms with van der Waals surface area (Å²) in [6.07, 6.45) is 2.67. The summed E-state index contributed by atoms with van der Waals surface area (Å²) in [7, 11) is 0. The lowest BCUT2D eigenvalue weighted by molar-refractivity contribution is -0.138. The number of rotatable bonds is 5. The number of hydrogen-bond acceptors (Lipinski definition) is 5. The summed E-state index contributed by atoms with van der Waals surface area (Å²) < 4.78 is 4.80. The van der Waals surface area contributed by atoms with Crippen molar-refractivity contribution in [2.24, 2.45) is 0 Å². The molecule has 0 spiro atoms. The topological polar surface area (TPSA) is 82.4 Å². The number of carbonyl (C=O) groups excluding carboxylic acids is 2. The van der Waals surface area contributed by atoms with Crippen molar-refractivity contribution in [3.8, 4) is 6.07 Å².